The second kappa shape index (κ2) is 7.17. The average molecular weight is 468 g/mol. The summed E-state index contributed by atoms with van der Waals surface area (Å²) in [7, 11) is 0. The van der Waals surface area contributed by atoms with Crippen molar-refractivity contribution in [2.45, 2.75) is 29.3 Å². The Kier molecular flexibility index (Phi) is 4.37. The fourth-order valence-corrected chi connectivity index (χ4v) is 6.32. The molecule has 0 unspecified atom stereocenters. The first-order valence-corrected chi connectivity index (χ1v) is 12.0. The van der Waals surface area contributed by atoms with E-state index in [2.05, 4.69) is 15.0 Å². The molecule has 11 heteroatoms. The maximum Gasteiger partial charge on any atom is 0.262 e. The Morgan fingerprint density at radius 3 is 2.06 bits per heavy atom. The lowest BCUT2D eigenvalue weighted by atomic mass is 9.86. The van der Waals surface area contributed by atoms with Crippen LogP contribution in [0.2, 0.25) is 0 Å². The quantitative estimate of drug-likeness (QED) is 0.391. The number of aromatic amines is 1. The van der Waals surface area contributed by atoms with E-state index in [-0.39, 0.29) is 11.1 Å². The van der Waals surface area contributed by atoms with Gasteiger partial charge in [0.2, 0.25) is 11.8 Å². The minimum Gasteiger partial charge on any atom is -0.493 e. The monoisotopic (exact) mass is 467 g/mol. The van der Waals surface area contributed by atoms with Crippen LogP contribution in [0, 0.1) is 0 Å². The molecule has 0 atom stereocenters. The number of nitrogens with one attached hydrogen (secondary N) is 1. The molecule has 9 nitrogen and oxygen atoms in total. The zero-order chi connectivity index (χ0) is 22.0. The maximum absolute atomic E-state index is 13.5. The van der Waals surface area contributed by atoms with Gasteiger partial charge in [-0.1, -0.05) is 41.7 Å². The number of rotatable bonds is 3. The summed E-state index contributed by atoms with van der Waals surface area (Å²) in [6.07, 6.45) is 1.70. The van der Waals surface area contributed by atoms with Crippen molar-refractivity contribution in [3.8, 4) is 11.8 Å². The van der Waals surface area contributed by atoms with Crippen LogP contribution in [0.4, 0.5) is 0 Å². The molecule has 0 saturated heterocycles. The van der Waals surface area contributed by atoms with Gasteiger partial charge in [0.25, 0.3) is 11.1 Å². The molecule has 0 fully saturated rings. The first-order chi connectivity index (χ1) is 15.5. The van der Waals surface area contributed by atoms with Crippen LogP contribution >= 0.6 is 23.5 Å². The van der Waals surface area contributed by atoms with Gasteiger partial charge >= 0.3 is 0 Å². The van der Waals surface area contributed by atoms with Gasteiger partial charge in [0, 0.05) is 41.7 Å². The number of hydrogen-bond donors (Lipinski definition) is 3. The number of nitrogens with zero attached hydrogens (tertiary/aromatic N) is 4. The first kappa shape index (κ1) is 19.5. The van der Waals surface area contributed by atoms with E-state index in [1.165, 1.54) is 32.7 Å². The van der Waals surface area contributed by atoms with E-state index in [1.807, 2.05) is 24.3 Å². The van der Waals surface area contributed by atoms with Gasteiger partial charge < -0.3 is 15.2 Å². The molecule has 0 spiro atoms. The van der Waals surface area contributed by atoms with Gasteiger partial charge in [0.1, 0.15) is 0 Å². The van der Waals surface area contributed by atoms with Crippen molar-refractivity contribution >= 4 is 34.4 Å². The first-order valence-electron chi connectivity index (χ1n) is 10.0. The lowest BCUT2D eigenvalue weighted by molar-refractivity contribution is 0.414. The fourth-order valence-electron chi connectivity index (χ4n) is 4.44. The molecule has 2 aliphatic rings. The summed E-state index contributed by atoms with van der Waals surface area (Å²) in [4.78, 5) is 38.7. The zero-order valence-corrected chi connectivity index (χ0v) is 18.2. The summed E-state index contributed by atoms with van der Waals surface area (Å²) in [5.41, 5.74) is 0.461. The van der Waals surface area contributed by atoms with Gasteiger partial charge in [-0.05, 0) is 11.6 Å². The number of H-pyrrole nitrogens is 1. The molecule has 2 aliphatic heterocycles. The van der Waals surface area contributed by atoms with Crippen molar-refractivity contribution in [1.29, 1.82) is 0 Å². The molecule has 0 aliphatic carbocycles. The van der Waals surface area contributed by atoms with E-state index < -0.39 is 28.8 Å². The molecule has 3 aromatic heterocycles. The van der Waals surface area contributed by atoms with Crippen LogP contribution in [0.3, 0.4) is 0 Å². The van der Waals surface area contributed by atoms with Gasteiger partial charge in [0.05, 0.1) is 17.0 Å². The number of benzene rings is 1. The predicted octanol–water partition coefficient (Wildman–Crippen LogP) is 2.08. The highest BCUT2D eigenvalue weighted by molar-refractivity contribution is 7.99. The van der Waals surface area contributed by atoms with Crippen molar-refractivity contribution in [3.63, 3.8) is 0 Å². The summed E-state index contributed by atoms with van der Waals surface area (Å²) in [5.74, 6) is -0.574. The van der Waals surface area contributed by atoms with E-state index >= 15 is 0 Å². The van der Waals surface area contributed by atoms with E-state index in [1.54, 1.807) is 6.20 Å². The molecule has 3 N–H and O–H groups in total. The van der Waals surface area contributed by atoms with E-state index in [9.17, 15) is 19.8 Å². The van der Waals surface area contributed by atoms with E-state index in [0.717, 1.165) is 10.9 Å². The van der Waals surface area contributed by atoms with Crippen LogP contribution in [0.15, 0.2) is 50.4 Å². The van der Waals surface area contributed by atoms with Crippen molar-refractivity contribution in [1.82, 2.24) is 24.1 Å². The Morgan fingerprint density at radius 2 is 1.47 bits per heavy atom. The highest BCUT2D eigenvalue weighted by atomic mass is 32.2. The molecule has 4 aromatic rings. The smallest absolute Gasteiger partial charge is 0.262 e. The second-order valence-electron chi connectivity index (χ2n) is 7.60. The minimum absolute atomic E-state index is 0.0404. The minimum atomic E-state index is -1.04. The zero-order valence-electron chi connectivity index (χ0n) is 16.6. The van der Waals surface area contributed by atoms with Crippen molar-refractivity contribution in [3.05, 3.63) is 67.9 Å². The van der Waals surface area contributed by atoms with Crippen molar-refractivity contribution in [2.75, 3.05) is 11.5 Å². The third-order valence-electron chi connectivity index (χ3n) is 5.90. The predicted molar refractivity (Wildman–Crippen MR) is 121 cm³/mol. The number of fused-ring (bicyclic) bond motifs is 3. The van der Waals surface area contributed by atoms with Crippen molar-refractivity contribution in [2.24, 2.45) is 0 Å². The Hall–Kier alpha value is -3.18. The Bertz CT molecular complexity index is 1450. The lowest BCUT2D eigenvalue weighted by Crippen LogP contribution is -2.32. The Labute approximate surface area is 189 Å². The Morgan fingerprint density at radius 1 is 0.906 bits per heavy atom. The standard InChI is InChI=1S/C21H17N5O4S2/c27-16-14(18(29)25-5-7-31-20(25)23-16)13(11-9-22-12-4-2-1-3-10(11)12)15-17(28)24-21-26(19(15)30)6-8-32-21/h1-4,9,13,22,27-28H,5-8H2. The molecule has 1 aromatic carbocycles. The molecule has 0 saturated carbocycles. The Balaban J connectivity index is 1.71. The largest absolute Gasteiger partial charge is 0.493 e. The van der Waals surface area contributed by atoms with Gasteiger partial charge in [-0.15, -0.1) is 0 Å². The maximum atomic E-state index is 13.5. The van der Waals surface area contributed by atoms with Gasteiger partial charge in [-0.25, -0.2) is 0 Å². The molecule has 162 valence electrons. The molecule has 0 radical (unpaired) electrons. The number of para-hydroxylation sites is 1. The fraction of sp³-hybridized carbons (Fsp3) is 0.238. The van der Waals surface area contributed by atoms with E-state index in [4.69, 9.17) is 0 Å². The molecule has 5 heterocycles. The van der Waals surface area contributed by atoms with Crippen LogP contribution in [0.25, 0.3) is 10.9 Å². The lowest BCUT2D eigenvalue weighted by Gasteiger charge is -2.20. The van der Waals surface area contributed by atoms with Crippen LogP contribution in [-0.2, 0) is 13.1 Å². The molecule has 6 rings (SSSR count). The third-order valence-corrected chi connectivity index (χ3v) is 7.81. The van der Waals surface area contributed by atoms with Crippen LogP contribution < -0.4 is 11.1 Å². The third kappa shape index (κ3) is 2.74. The number of hydrogen-bond acceptors (Lipinski definition) is 8. The second-order valence-corrected chi connectivity index (χ2v) is 9.72. The van der Waals surface area contributed by atoms with Gasteiger partial charge in [-0.2, -0.15) is 9.97 Å². The molecular weight excluding hydrogens is 450 g/mol. The number of aromatic nitrogens is 5. The van der Waals surface area contributed by atoms with Crippen LogP contribution in [-0.4, -0.2) is 45.8 Å². The highest BCUT2D eigenvalue weighted by Crippen LogP contribution is 2.40. The number of thioether (sulfide) groups is 2. The summed E-state index contributed by atoms with van der Waals surface area (Å²) in [6, 6.07) is 7.47. The van der Waals surface area contributed by atoms with Gasteiger partial charge in [-0.3, -0.25) is 18.7 Å². The molecule has 0 bridgehead atoms. The van der Waals surface area contributed by atoms with E-state index in [0.29, 0.717) is 40.5 Å². The highest BCUT2D eigenvalue weighted by Gasteiger charge is 2.35. The van der Waals surface area contributed by atoms with Crippen molar-refractivity contribution < 1.29 is 10.2 Å². The molecular formula is C21H17N5O4S2. The SMILES string of the molecule is O=c1c(C(c2c(O)nc3n(c2=O)CCS3)c2c[nH]c3ccccc23)c(O)nc2n1CCS2. The normalized spacial score (nSPS) is 14.9. The van der Waals surface area contributed by atoms with Crippen LogP contribution in [0.1, 0.15) is 22.6 Å². The summed E-state index contributed by atoms with van der Waals surface area (Å²) in [6.45, 7) is 0.924. The average Bonchev–Trinajstić information content (AvgIpc) is 3.51. The summed E-state index contributed by atoms with van der Waals surface area (Å²) in [5, 5.41) is 23.4. The topological polar surface area (TPSA) is 126 Å². The number of aromatic hydroxyl groups is 2. The molecule has 0 amide bonds. The molecule has 32 heavy (non-hydrogen) atoms. The van der Waals surface area contributed by atoms with Gasteiger partial charge in [0.15, 0.2) is 10.3 Å². The van der Waals surface area contributed by atoms with Crippen LogP contribution in [0.5, 0.6) is 11.8 Å². The summed E-state index contributed by atoms with van der Waals surface area (Å²) >= 11 is 2.78. The summed E-state index contributed by atoms with van der Waals surface area (Å²) < 4.78 is 3.01.